The van der Waals surface area contributed by atoms with Crippen LogP contribution in [-0.2, 0) is 11.0 Å². The summed E-state index contributed by atoms with van der Waals surface area (Å²) in [7, 11) is 1.86. The van der Waals surface area contributed by atoms with Gasteiger partial charge in [0.05, 0.1) is 17.4 Å². The summed E-state index contributed by atoms with van der Waals surface area (Å²) in [5.41, 5.74) is -2.59. The van der Waals surface area contributed by atoms with Crippen LogP contribution in [0.15, 0.2) is 36.5 Å². The molecule has 3 heterocycles. The molecule has 1 amide bonds. The minimum Gasteiger partial charge on any atom is -0.487 e. The molecule has 3 fully saturated rings. The van der Waals surface area contributed by atoms with Crippen molar-refractivity contribution in [2.75, 3.05) is 29.9 Å². The largest absolute Gasteiger partial charge is 0.487 e. The Balaban J connectivity index is 1.43. The summed E-state index contributed by atoms with van der Waals surface area (Å²) in [4.78, 5) is 21.8. The Kier molecular flexibility index (Phi) is 6.32. The Morgan fingerprint density at radius 3 is 2.49 bits per heavy atom. The second-order valence-corrected chi connectivity index (χ2v) is 9.93. The van der Waals surface area contributed by atoms with E-state index in [2.05, 4.69) is 4.98 Å². The predicted molar refractivity (Wildman–Crippen MR) is 131 cm³/mol. The highest BCUT2D eigenvalue weighted by Crippen LogP contribution is 2.48. The summed E-state index contributed by atoms with van der Waals surface area (Å²) >= 11 is 5.61. The molecule has 3 aliphatic rings. The van der Waals surface area contributed by atoms with Crippen LogP contribution in [0, 0.1) is 11.3 Å². The van der Waals surface area contributed by atoms with Gasteiger partial charge in [0.2, 0.25) is 0 Å². The molecule has 1 spiro atoms. The van der Waals surface area contributed by atoms with E-state index < -0.39 is 41.2 Å². The third-order valence-corrected chi connectivity index (χ3v) is 7.57. The Labute approximate surface area is 216 Å². The average Bonchev–Trinajstić information content (AvgIpc) is 3.07. The van der Waals surface area contributed by atoms with Crippen molar-refractivity contribution in [1.29, 1.82) is 5.26 Å². The number of amides is 1. The van der Waals surface area contributed by atoms with Crippen LogP contribution >= 0.6 is 12.2 Å². The van der Waals surface area contributed by atoms with Crippen LogP contribution in [0.25, 0.3) is 0 Å². The Hall–Kier alpha value is -3.30. The SMILES string of the molecule is CN1CC[C@H](Oc2ccc(N3C(=S)N(c4cnc(C#N)c(C(F)(F)F)c4)C(=O)C34CCC4)cc2)[C@H](F)C1. The van der Waals surface area contributed by atoms with Crippen molar-refractivity contribution in [1.82, 2.24) is 9.88 Å². The van der Waals surface area contributed by atoms with E-state index in [0.717, 1.165) is 30.1 Å². The molecular formula is C25H23F4N5O2S. The summed E-state index contributed by atoms with van der Waals surface area (Å²) in [6.07, 6.45) is -3.17. The van der Waals surface area contributed by atoms with Crippen molar-refractivity contribution in [3.05, 3.63) is 47.8 Å². The van der Waals surface area contributed by atoms with Crippen LogP contribution in [-0.4, -0.2) is 58.9 Å². The van der Waals surface area contributed by atoms with Crippen LogP contribution in [0.5, 0.6) is 5.75 Å². The molecule has 0 N–H and O–H groups in total. The zero-order valence-corrected chi connectivity index (χ0v) is 20.7. The highest BCUT2D eigenvalue weighted by Gasteiger charge is 2.59. The number of likely N-dealkylation sites (tertiary alicyclic amines) is 1. The van der Waals surface area contributed by atoms with Crippen LogP contribution in [0.3, 0.4) is 0 Å². The second kappa shape index (κ2) is 9.22. The van der Waals surface area contributed by atoms with Gasteiger partial charge in [-0.1, -0.05) is 0 Å². The molecule has 0 radical (unpaired) electrons. The molecule has 12 heteroatoms. The number of anilines is 2. The fourth-order valence-electron chi connectivity index (χ4n) is 5.11. The molecule has 1 aromatic carbocycles. The number of hydrogen-bond acceptors (Lipinski definition) is 6. The number of carbonyl (C=O) groups is 1. The number of carbonyl (C=O) groups excluding carboxylic acids is 1. The van der Waals surface area contributed by atoms with E-state index in [1.165, 1.54) is 6.07 Å². The van der Waals surface area contributed by atoms with Gasteiger partial charge in [0.1, 0.15) is 29.6 Å². The molecule has 2 atom stereocenters. The summed E-state index contributed by atoms with van der Waals surface area (Å²) in [6.45, 7) is 1.03. The molecule has 1 saturated carbocycles. The monoisotopic (exact) mass is 533 g/mol. The van der Waals surface area contributed by atoms with Gasteiger partial charge in [-0.3, -0.25) is 9.69 Å². The lowest BCUT2D eigenvalue weighted by molar-refractivity contribution is -0.138. The van der Waals surface area contributed by atoms with E-state index in [9.17, 15) is 22.4 Å². The van der Waals surface area contributed by atoms with Crippen molar-refractivity contribution in [2.24, 2.45) is 0 Å². The van der Waals surface area contributed by atoms with E-state index in [1.807, 2.05) is 11.9 Å². The molecular weight excluding hydrogens is 510 g/mol. The van der Waals surface area contributed by atoms with E-state index in [1.54, 1.807) is 29.2 Å². The fourth-order valence-corrected chi connectivity index (χ4v) is 5.57. The first-order valence-electron chi connectivity index (χ1n) is 11.8. The van der Waals surface area contributed by atoms with E-state index >= 15 is 0 Å². The van der Waals surface area contributed by atoms with Gasteiger partial charge >= 0.3 is 6.18 Å². The predicted octanol–water partition coefficient (Wildman–Crippen LogP) is 4.45. The molecule has 5 rings (SSSR count). The number of thiocarbonyl (C=S) groups is 1. The lowest BCUT2D eigenvalue weighted by Crippen LogP contribution is -2.55. The number of aromatic nitrogens is 1. The molecule has 2 saturated heterocycles. The van der Waals surface area contributed by atoms with Crippen molar-refractivity contribution in [3.8, 4) is 11.8 Å². The number of nitrogens with zero attached hydrogens (tertiary/aromatic N) is 5. The normalized spacial score (nSPS) is 23.8. The van der Waals surface area contributed by atoms with Gasteiger partial charge in [0.25, 0.3) is 5.91 Å². The number of alkyl halides is 4. The summed E-state index contributed by atoms with van der Waals surface area (Å²) in [5.74, 6) is 0.0401. The maximum absolute atomic E-state index is 14.4. The summed E-state index contributed by atoms with van der Waals surface area (Å²) < 4.78 is 60.9. The Bertz CT molecular complexity index is 1280. The van der Waals surface area contributed by atoms with Crippen molar-refractivity contribution < 1.29 is 27.1 Å². The third kappa shape index (κ3) is 4.30. The number of benzene rings is 1. The summed E-state index contributed by atoms with van der Waals surface area (Å²) in [6, 6.07) is 8.94. The maximum Gasteiger partial charge on any atom is 0.419 e. The first-order chi connectivity index (χ1) is 17.5. The molecule has 2 aromatic rings. The molecule has 0 bridgehead atoms. The first kappa shape index (κ1) is 25.4. The van der Waals surface area contributed by atoms with E-state index in [4.69, 9.17) is 22.2 Å². The molecule has 7 nitrogen and oxygen atoms in total. The lowest BCUT2D eigenvalue weighted by Gasteiger charge is -2.43. The van der Waals surface area contributed by atoms with Crippen LogP contribution in [0.2, 0.25) is 0 Å². The highest BCUT2D eigenvalue weighted by atomic mass is 32.1. The summed E-state index contributed by atoms with van der Waals surface area (Å²) in [5, 5.41) is 9.08. The van der Waals surface area contributed by atoms with Crippen molar-refractivity contribution in [3.63, 3.8) is 0 Å². The molecule has 37 heavy (non-hydrogen) atoms. The smallest absolute Gasteiger partial charge is 0.419 e. The van der Waals surface area contributed by atoms with Gasteiger partial charge in [-0.25, -0.2) is 9.37 Å². The quantitative estimate of drug-likeness (QED) is 0.425. The van der Waals surface area contributed by atoms with Gasteiger partial charge in [-0.15, -0.1) is 0 Å². The second-order valence-electron chi connectivity index (χ2n) is 9.56. The fraction of sp³-hybridized carbons (Fsp3) is 0.440. The van der Waals surface area contributed by atoms with E-state index in [-0.39, 0.29) is 10.8 Å². The molecule has 2 aliphatic heterocycles. The van der Waals surface area contributed by atoms with Gasteiger partial charge < -0.3 is 14.5 Å². The molecule has 1 aromatic heterocycles. The number of hydrogen-bond donors (Lipinski definition) is 0. The van der Waals surface area contributed by atoms with Crippen LogP contribution < -0.4 is 14.5 Å². The number of pyridine rings is 1. The zero-order chi connectivity index (χ0) is 26.5. The molecule has 1 aliphatic carbocycles. The topological polar surface area (TPSA) is 72.7 Å². The Morgan fingerprint density at radius 1 is 1.22 bits per heavy atom. The van der Waals surface area contributed by atoms with Gasteiger partial charge in [-0.2, -0.15) is 18.4 Å². The zero-order valence-electron chi connectivity index (χ0n) is 19.8. The van der Waals surface area contributed by atoms with Crippen molar-refractivity contribution >= 4 is 34.6 Å². The maximum atomic E-state index is 14.4. The Morgan fingerprint density at radius 2 is 1.92 bits per heavy atom. The number of ether oxygens (including phenoxy) is 1. The van der Waals surface area contributed by atoms with Gasteiger partial charge in [-0.05, 0) is 75.3 Å². The lowest BCUT2D eigenvalue weighted by atomic mass is 9.75. The highest BCUT2D eigenvalue weighted by molar-refractivity contribution is 7.81. The number of rotatable bonds is 4. The van der Waals surface area contributed by atoms with E-state index in [0.29, 0.717) is 37.2 Å². The number of piperidine rings is 1. The standard InChI is InChI=1S/C25H23F4N5O2S/c1-32-10-7-21(19(26)14-32)36-17-5-3-15(4-6-17)34-23(37)33(22(35)24(34)8-2-9-24)16-11-18(25(27,28)29)20(12-30)31-13-16/h3-6,11,13,19,21H,2,7-10,14H2,1H3/t19-,21+/m1/s1. The molecule has 0 unspecified atom stereocenters. The van der Waals surface area contributed by atoms with Crippen molar-refractivity contribution in [2.45, 2.75) is 49.7 Å². The average molecular weight is 534 g/mol. The first-order valence-corrected chi connectivity index (χ1v) is 12.2. The van der Waals surface area contributed by atoms with Crippen LogP contribution in [0.4, 0.5) is 28.9 Å². The minimum atomic E-state index is -4.82. The third-order valence-electron chi connectivity index (χ3n) is 7.20. The van der Waals surface area contributed by atoms with Gasteiger partial charge in [0, 0.05) is 18.8 Å². The molecule has 194 valence electrons. The van der Waals surface area contributed by atoms with Gasteiger partial charge in [0.15, 0.2) is 10.8 Å². The minimum absolute atomic E-state index is 0.0251. The number of halogens is 4. The van der Waals surface area contributed by atoms with Crippen LogP contribution in [0.1, 0.15) is 36.9 Å². The number of nitriles is 1.